The third kappa shape index (κ3) is 3.67. The lowest BCUT2D eigenvalue weighted by Crippen LogP contribution is -2.48. The molecule has 1 aliphatic rings. The van der Waals surface area contributed by atoms with Gasteiger partial charge in [0.25, 0.3) is 5.91 Å². The Morgan fingerprint density at radius 2 is 2.09 bits per heavy atom. The molecule has 1 saturated heterocycles. The average molecular weight is 308 g/mol. The van der Waals surface area contributed by atoms with Crippen molar-refractivity contribution in [2.75, 3.05) is 41.0 Å². The Labute approximate surface area is 129 Å². The van der Waals surface area contributed by atoms with Crippen LogP contribution in [0.5, 0.6) is 11.5 Å². The lowest BCUT2D eigenvalue weighted by molar-refractivity contribution is -0.146. The van der Waals surface area contributed by atoms with Crippen molar-refractivity contribution in [1.82, 2.24) is 10.2 Å². The molecule has 1 aromatic rings. The van der Waals surface area contributed by atoms with Gasteiger partial charge in [-0.1, -0.05) is 0 Å². The molecule has 7 nitrogen and oxygen atoms in total. The normalized spacial score (nSPS) is 18.0. The molecule has 0 aliphatic carbocycles. The highest BCUT2D eigenvalue weighted by atomic mass is 16.5. The fourth-order valence-electron chi connectivity index (χ4n) is 2.17. The van der Waals surface area contributed by atoms with Crippen molar-refractivity contribution in [2.45, 2.75) is 6.10 Å². The summed E-state index contributed by atoms with van der Waals surface area (Å²) in [4.78, 5) is 25.1. The van der Waals surface area contributed by atoms with Gasteiger partial charge in [0, 0.05) is 25.7 Å². The molecule has 1 atom stereocenters. The summed E-state index contributed by atoms with van der Waals surface area (Å²) in [6.07, 6.45) is -0.202. The summed E-state index contributed by atoms with van der Waals surface area (Å²) in [6, 6.07) is 4.96. The Kier molecular flexibility index (Phi) is 5.21. The minimum absolute atomic E-state index is 0.0490. The number of nitrogens with zero attached hydrogens (tertiary/aromatic N) is 1. The van der Waals surface area contributed by atoms with E-state index in [0.29, 0.717) is 30.2 Å². The summed E-state index contributed by atoms with van der Waals surface area (Å²) >= 11 is 0. The fraction of sp³-hybridized carbons (Fsp3) is 0.467. The first-order valence-corrected chi connectivity index (χ1v) is 6.91. The highest BCUT2D eigenvalue weighted by Crippen LogP contribution is 2.27. The third-order valence-corrected chi connectivity index (χ3v) is 3.48. The zero-order chi connectivity index (χ0) is 16.1. The standard InChI is InChI=1S/C15H20N2O5/c1-17-8-11(22-9-14(17)18)7-16-15(19)10-4-5-12(20-2)13(6-10)21-3/h4-6,11H,7-9H2,1-3H3,(H,16,19). The minimum Gasteiger partial charge on any atom is -0.493 e. The van der Waals surface area contributed by atoms with Crippen LogP contribution >= 0.6 is 0 Å². The molecule has 1 aliphatic heterocycles. The summed E-state index contributed by atoms with van der Waals surface area (Å²) < 4.78 is 15.7. The van der Waals surface area contributed by atoms with E-state index >= 15 is 0 Å². The van der Waals surface area contributed by atoms with E-state index in [-0.39, 0.29) is 24.5 Å². The highest BCUT2D eigenvalue weighted by Gasteiger charge is 2.23. The minimum atomic E-state index is -0.232. The van der Waals surface area contributed by atoms with Gasteiger partial charge < -0.3 is 24.4 Å². The van der Waals surface area contributed by atoms with Gasteiger partial charge >= 0.3 is 0 Å². The van der Waals surface area contributed by atoms with Crippen LogP contribution in [-0.4, -0.2) is 63.8 Å². The largest absolute Gasteiger partial charge is 0.493 e. The molecule has 2 rings (SSSR count). The number of hydrogen-bond acceptors (Lipinski definition) is 5. The zero-order valence-corrected chi connectivity index (χ0v) is 12.9. The molecule has 0 radical (unpaired) electrons. The molecule has 1 heterocycles. The number of carbonyl (C=O) groups excluding carboxylic acids is 2. The predicted octanol–water partition coefficient (Wildman–Crippen LogP) is 0.291. The van der Waals surface area contributed by atoms with E-state index in [2.05, 4.69) is 5.32 Å². The van der Waals surface area contributed by atoms with E-state index in [0.717, 1.165) is 0 Å². The second kappa shape index (κ2) is 7.13. The number of hydrogen-bond donors (Lipinski definition) is 1. The van der Waals surface area contributed by atoms with Crippen molar-refractivity contribution in [3.8, 4) is 11.5 Å². The maximum Gasteiger partial charge on any atom is 0.251 e. The Hall–Kier alpha value is -2.28. The second-order valence-electron chi connectivity index (χ2n) is 4.99. The molecule has 1 aromatic carbocycles. The second-order valence-corrected chi connectivity index (χ2v) is 4.99. The highest BCUT2D eigenvalue weighted by molar-refractivity contribution is 5.94. The molecule has 1 unspecified atom stereocenters. The van der Waals surface area contributed by atoms with Gasteiger partial charge in [-0.05, 0) is 18.2 Å². The van der Waals surface area contributed by atoms with Crippen LogP contribution in [0.2, 0.25) is 0 Å². The van der Waals surface area contributed by atoms with Gasteiger partial charge in [-0.25, -0.2) is 0 Å². The average Bonchev–Trinajstić information content (AvgIpc) is 2.54. The lowest BCUT2D eigenvalue weighted by Gasteiger charge is -2.29. The van der Waals surface area contributed by atoms with Gasteiger partial charge in [-0.3, -0.25) is 9.59 Å². The first-order chi connectivity index (χ1) is 10.5. The van der Waals surface area contributed by atoms with Gasteiger partial charge in [0.2, 0.25) is 5.91 Å². The molecule has 2 amide bonds. The van der Waals surface area contributed by atoms with Gasteiger partial charge in [-0.15, -0.1) is 0 Å². The van der Waals surface area contributed by atoms with Crippen LogP contribution in [0.4, 0.5) is 0 Å². The SMILES string of the molecule is COc1ccc(C(=O)NCC2CN(C)C(=O)CO2)cc1OC. The molecule has 1 N–H and O–H groups in total. The summed E-state index contributed by atoms with van der Waals surface area (Å²) in [5, 5.41) is 2.79. The molecule has 0 aromatic heterocycles. The van der Waals surface area contributed by atoms with E-state index < -0.39 is 0 Å². The molecule has 0 saturated carbocycles. The smallest absolute Gasteiger partial charge is 0.251 e. The van der Waals surface area contributed by atoms with Crippen LogP contribution in [0, 0.1) is 0 Å². The number of benzene rings is 1. The third-order valence-electron chi connectivity index (χ3n) is 3.48. The van der Waals surface area contributed by atoms with Crippen LogP contribution in [0.25, 0.3) is 0 Å². The Balaban J connectivity index is 1.93. The van der Waals surface area contributed by atoms with Crippen LogP contribution in [0.1, 0.15) is 10.4 Å². The van der Waals surface area contributed by atoms with Crippen molar-refractivity contribution >= 4 is 11.8 Å². The number of nitrogens with one attached hydrogen (secondary N) is 1. The van der Waals surface area contributed by atoms with E-state index in [1.807, 2.05) is 0 Å². The number of amides is 2. The molecular formula is C15H20N2O5. The quantitative estimate of drug-likeness (QED) is 0.846. The van der Waals surface area contributed by atoms with Crippen LogP contribution in [-0.2, 0) is 9.53 Å². The predicted molar refractivity (Wildman–Crippen MR) is 79.3 cm³/mol. The zero-order valence-electron chi connectivity index (χ0n) is 12.9. The number of likely N-dealkylation sites (N-methyl/N-ethyl adjacent to an activating group) is 1. The monoisotopic (exact) mass is 308 g/mol. The fourth-order valence-corrected chi connectivity index (χ4v) is 2.17. The molecule has 1 fully saturated rings. The van der Waals surface area contributed by atoms with Crippen molar-refractivity contribution in [3.63, 3.8) is 0 Å². The van der Waals surface area contributed by atoms with E-state index in [1.54, 1.807) is 30.1 Å². The Morgan fingerprint density at radius 1 is 1.36 bits per heavy atom. The first kappa shape index (κ1) is 16.1. The van der Waals surface area contributed by atoms with E-state index in [1.165, 1.54) is 14.2 Å². The molecule has 0 bridgehead atoms. The number of methoxy groups -OCH3 is 2. The van der Waals surface area contributed by atoms with E-state index in [4.69, 9.17) is 14.2 Å². The van der Waals surface area contributed by atoms with Crippen molar-refractivity contribution < 1.29 is 23.8 Å². The van der Waals surface area contributed by atoms with Gasteiger partial charge in [0.1, 0.15) is 6.61 Å². The van der Waals surface area contributed by atoms with E-state index in [9.17, 15) is 9.59 Å². The number of morpholine rings is 1. The summed E-state index contributed by atoms with van der Waals surface area (Å²) in [5.74, 6) is 0.774. The maximum absolute atomic E-state index is 12.2. The molecule has 120 valence electrons. The van der Waals surface area contributed by atoms with Crippen molar-refractivity contribution in [1.29, 1.82) is 0 Å². The Bertz CT molecular complexity index is 561. The Morgan fingerprint density at radius 3 is 2.73 bits per heavy atom. The van der Waals surface area contributed by atoms with Crippen molar-refractivity contribution in [3.05, 3.63) is 23.8 Å². The molecule has 7 heteroatoms. The lowest BCUT2D eigenvalue weighted by atomic mass is 10.2. The summed E-state index contributed by atoms with van der Waals surface area (Å²) in [6.45, 7) is 0.850. The number of ether oxygens (including phenoxy) is 3. The maximum atomic E-state index is 12.2. The number of rotatable bonds is 5. The van der Waals surface area contributed by atoms with Gasteiger partial charge in [0.05, 0.1) is 20.3 Å². The van der Waals surface area contributed by atoms with Gasteiger partial charge in [-0.2, -0.15) is 0 Å². The van der Waals surface area contributed by atoms with Crippen LogP contribution in [0.15, 0.2) is 18.2 Å². The first-order valence-electron chi connectivity index (χ1n) is 6.91. The van der Waals surface area contributed by atoms with Gasteiger partial charge in [0.15, 0.2) is 11.5 Å². The molecular weight excluding hydrogens is 288 g/mol. The molecule has 22 heavy (non-hydrogen) atoms. The van der Waals surface area contributed by atoms with Crippen LogP contribution in [0.3, 0.4) is 0 Å². The van der Waals surface area contributed by atoms with Crippen molar-refractivity contribution in [2.24, 2.45) is 0 Å². The van der Waals surface area contributed by atoms with Crippen LogP contribution < -0.4 is 14.8 Å². The summed E-state index contributed by atoms with van der Waals surface area (Å²) in [5.41, 5.74) is 0.470. The summed E-state index contributed by atoms with van der Waals surface area (Å²) in [7, 11) is 4.77. The molecule has 0 spiro atoms. The number of carbonyl (C=O) groups is 2. The topological polar surface area (TPSA) is 77.1 Å².